The van der Waals surface area contributed by atoms with Crippen molar-refractivity contribution in [3.8, 4) is 0 Å². The van der Waals surface area contributed by atoms with Crippen molar-refractivity contribution in [1.29, 1.82) is 0 Å². The summed E-state index contributed by atoms with van der Waals surface area (Å²) in [5, 5.41) is 3.68. The van der Waals surface area contributed by atoms with Gasteiger partial charge in [0.2, 0.25) is 0 Å². The molecular formula is C14H29NO2. The first kappa shape index (κ1) is 14.9. The van der Waals surface area contributed by atoms with Crippen molar-refractivity contribution >= 4 is 0 Å². The van der Waals surface area contributed by atoms with Crippen molar-refractivity contribution in [3.63, 3.8) is 0 Å². The molecule has 1 atom stereocenters. The van der Waals surface area contributed by atoms with Crippen molar-refractivity contribution in [2.24, 2.45) is 5.92 Å². The van der Waals surface area contributed by atoms with E-state index in [4.69, 9.17) is 9.47 Å². The van der Waals surface area contributed by atoms with Crippen LogP contribution < -0.4 is 5.32 Å². The number of nitrogens with one attached hydrogen (secondary N) is 1. The van der Waals surface area contributed by atoms with Crippen LogP contribution in [0.2, 0.25) is 0 Å². The largest absolute Gasteiger partial charge is 0.381 e. The fourth-order valence-corrected chi connectivity index (χ4v) is 2.69. The van der Waals surface area contributed by atoms with Crippen molar-refractivity contribution in [1.82, 2.24) is 5.32 Å². The highest BCUT2D eigenvalue weighted by atomic mass is 16.5. The molecule has 0 aromatic heterocycles. The zero-order valence-corrected chi connectivity index (χ0v) is 11.9. The molecule has 17 heavy (non-hydrogen) atoms. The van der Waals surface area contributed by atoms with Crippen LogP contribution in [0.3, 0.4) is 0 Å². The maximum atomic E-state index is 5.90. The number of hydrogen-bond donors (Lipinski definition) is 1. The molecule has 0 bridgehead atoms. The lowest BCUT2D eigenvalue weighted by Crippen LogP contribution is -2.55. The van der Waals surface area contributed by atoms with E-state index < -0.39 is 0 Å². The maximum Gasteiger partial charge on any atom is 0.0874 e. The summed E-state index contributed by atoms with van der Waals surface area (Å²) in [4.78, 5) is 0. The molecule has 0 amide bonds. The highest BCUT2D eigenvalue weighted by Gasteiger charge is 2.40. The molecule has 1 heterocycles. The molecule has 0 radical (unpaired) electrons. The van der Waals surface area contributed by atoms with E-state index in [0.29, 0.717) is 12.0 Å². The molecule has 1 saturated heterocycles. The Kier molecular flexibility index (Phi) is 6.45. The second-order valence-corrected chi connectivity index (χ2v) is 5.52. The number of ether oxygens (including phenoxy) is 2. The van der Waals surface area contributed by atoms with Gasteiger partial charge in [0.05, 0.1) is 5.60 Å². The molecule has 3 nitrogen and oxygen atoms in total. The Morgan fingerprint density at radius 1 is 1.29 bits per heavy atom. The van der Waals surface area contributed by atoms with Gasteiger partial charge >= 0.3 is 0 Å². The standard InChI is InChI=1S/C14H29NO2/c1-5-8-15-13(11-12(2)3)14(16-4)6-9-17-10-7-14/h12-13,15H,5-11H2,1-4H3. The highest BCUT2D eigenvalue weighted by Crippen LogP contribution is 2.31. The van der Waals surface area contributed by atoms with Gasteiger partial charge in [0.15, 0.2) is 0 Å². The predicted molar refractivity (Wildman–Crippen MR) is 71.3 cm³/mol. The third-order valence-electron chi connectivity index (χ3n) is 3.73. The van der Waals surface area contributed by atoms with Gasteiger partial charge in [-0.3, -0.25) is 0 Å². The van der Waals surface area contributed by atoms with Gasteiger partial charge in [-0.15, -0.1) is 0 Å². The van der Waals surface area contributed by atoms with Gasteiger partial charge in [-0.05, 0) is 25.3 Å². The van der Waals surface area contributed by atoms with E-state index in [1.165, 1.54) is 12.8 Å². The summed E-state index contributed by atoms with van der Waals surface area (Å²) in [6.07, 6.45) is 4.37. The molecule has 0 spiro atoms. The third-order valence-corrected chi connectivity index (χ3v) is 3.73. The topological polar surface area (TPSA) is 30.5 Å². The average Bonchev–Trinajstić information content (AvgIpc) is 2.35. The van der Waals surface area contributed by atoms with Gasteiger partial charge in [0.1, 0.15) is 0 Å². The van der Waals surface area contributed by atoms with Gasteiger partial charge in [0.25, 0.3) is 0 Å². The van der Waals surface area contributed by atoms with Crippen molar-refractivity contribution in [2.75, 3.05) is 26.9 Å². The van der Waals surface area contributed by atoms with Crippen molar-refractivity contribution < 1.29 is 9.47 Å². The minimum Gasteiger partial charge on any atom is -0.381 e. The molecule has 1 aliphatic rings. The van der Waals surface area contributed by atoms with Crippen LogP contribution in [0.4, 0.5) is 0 Å². The lowest BCUT2D eigenvalue weighted by Gasteiger charge is -2.43. The molecule has 102 valence electrons. The summed E-state index contributed by atoms with van der Waals surface area (Å²) in [6, 6.07) is 0.455. The second-order valence-electron chi connectivity index (χ2n) is 5.52. The highest BCUT2D eigenvalue weighted by molar-refractivity contribution is 4.95. The summed E-state index contributed by atoms with van der Waals surface area (Å²) in [7, 11) is 1.85. The van der Waals surface area contributed by atoms with Crippen LogP contribution in [0.5, 0.6) is 0 Å². The second kappa shape index (κ2) is 7.34. The zero-order valence-electron chi connectivity index (χ0n) is 11.9. The van der Waals surface area contributed by atoms with Gasteiger partial charge in [0, 0.05) is 39.2 Å². The molecule has 0 aromatic rings. The van der Waals surface area contributed by atoms with Crippen molar-refractivity contribution in [3.05, 3.63) is 0 Å². The quantitative estimate of drug-likeness (QED) is 0.745. The Bertz CT molecular complexity index is 200. The van der Waals surface area contributed by atoms with Crippen LogP contribution in [0, 0.1) is 5.92 Å². The van der Waals surface area contributed by atoms with Gasteiger partial charge in [-0.2, -0.15) is 0 Å². The van der Waals surface area contributed by atoms with E-state index >= 15 is 0 Å². The van der Waals surface area contributed by atoms with Crippen LogP contribution in [-0.2, 0) is 9.47 Å². The summed E-state index contributed by atoms with van der Waals surface area (Å²) < 4.78 is 11.4. The maximum absolute atomic E-state index is 5.90. The number of rotatable bonds is 7. The van der Waals surface area contributed by atoms with Crippen LogP contribution in [0.1, 0.15) is 46.5 Å². The van der Waals surface area contributed by atoms with E-state index in [0.717, 1.165) is 32.6 Å². The first-order chi connectivity index (χ1) is 8.14. The molecule has 0 aliphatic carbocycles. The number of methoxy groups -OCH3 is 1. The fraction of sp³-hybridized carbons (Fsp3) is 1.00. The molecule has 0 aromatic carbocycles. The Balaban J connectivity index is 2.68. The molecule has 1 rings (SSSR count). The van der Waals surface area contributed by atoms with E-state index in [1.54, 1.807) is 0 Å². The SMILES string of the molecule is CCCNC(CC(C)C)C1(OC)CCOCC1. The smallest absolute Gasteiger partial charge is 0.0874 e. The van der Waals surface area contributed by atoms with Crippen LogP contribution in [0.15, 0.2) is 0 Å². The third kappa shape index (κ3) is 4.23. The van der Waals surface area contributed by atoms with Gasteiger partial charge in [-0.1, -0.05) is 20.8 Å². The molecule has 1 fully saturated rings. The minimum absolute atomic E-state index is 0.0162. The number of hydrogen-bond acceptors (Lipinski definition) is 3. The predicted octanol–water partition coefficient (Wildman–Crippen LogP) is 2.60. The van der Waals surface area contributed by atoms with E-state index in [9.17, 15) is 0 Å². The Morgan fingerprint density at radius 2 is 1.94 bits per heavy atom. The first-order valence-corrected chi connectivity index (χ1v) is 7.01. The summed E-state index contributed by atoms with van der Waals surface area (Å²) >= 11 is 0. The summed E-state index contributed by atoms with van der Waals surface area (Å²) in [5.74, 6) is 0.694. The zero-order chi connectivity index (χ0) is 12.7. The summed E-state index contributed by atoms with van der Waals surface area (Å²) in [6.45, 7) is 9.51. The molecule has 1 aliphatic heterocycles. The van der Waals surface area contributed by atoms with Crippen molar-refractivity contribution in [2.45, 2.75) is 58.1 Å². The van der Waals surface area contributed by atoms with Crippen LogP contribution >= 0.6 is 0 Å². The molecule has 3 heteroatoms. The van der Waals surface area contributed by atoms with Gasteiger partial charge in [-0.25, -0.2) is 0 Å². The van der Waals surface area contributed by atoms with Crippen LogP contribution in [-0.4, -0.2) is 38.5 Å². The lowest BCUT2D eigenvalue weighted by molar-refractivity contribution is -0.113. The Morgan fingerprint density at radius 3 is 2.41 bits per heavy atom. The van der Waals surface area contributed by atoms with E-state index in [1.807, 2.05) is 7.11 Å². The fourth-order valence-electron chi connectivity index (χ4n) is 2.69. The van der Waals surface area contributed by atoms with Gasteiger partial charge < -0.3 is 14.8 Å². The monoisotopic (exact) mass is 243 g/mol. The minimum atomic E-state index is -0.0162. The Hall–Kier alpha value is -0.120. The molecular weight excluding hydrogens is 214 g/mol. The van der Waals surface area contributed by atoms with Crippen LogP contribution in [0.25, 0.3) is 0 Å². The molecule has 1 N–H and O–H groups in total. The average molecular weight is 243 g/mol. The van der Waals surface area contributed by atoms with E-state index in [-0.39, 0.29) is 5.60 Å². The Labute approximate surface area is 106 Å². The first-order valence-electron chi connectivity index (χ1n) is 7.01. The molecule has 1 unspecified atom stereocenters. The summed E-state index contributed by atoms with van der Waals surface area (Å²) in [5.41, 5.74) is -0.0162. The van der Waals surface area contributed by atoms with E-state index in [2.05, 4.69) is 26.1 Å². The normalized spacial score (nSPS) is 21.7. The lowest BCUT2D eigenvalue weighted by atomic mass is 9.81. The molecule has 0 saturated carbocycles.